The van der Waals surface area contributed by atoms with E-state index in [2.05, 4.69) is 0 Å². The van der Waals surface area contributed by atoms with Crippen molar-refractivity contribution in [2.75, 3.05) is 0 Å². The monoisotopic (exact) mass is 284 g/mol. The lowest BCUT2D eigenvalue weighted by atomic mass is 9.98. The van der Waals surface area contributed by atoms with Gasteiger partial charge in [0, 0.05) is 0 Å². The van der Waals surface area contributed by atoms with Crippen LogP contribution < -0.4 is 4.74 Å². The maximum absolute atomic E-state index is 11.9. The molecule has 1 aliphatic rings. The molecule has 1 heterocycles. The van der Waals surface area contributed by atoms with E-state index in [0.29, 0.717) is 11.3 Å². The quantitative estimate of drug-likeness (QED) is 0.275. The topological polar surface area (TPSA) is 43.4 Å². The van der Waals surface area contributed by atoms with Gasteiger partial charge in [0.05, 0.1) is 5.56 Å². The van der Waals surface area contributed by atoms with Crippen LogP contribution >= 0.6 is 12.4 Å². The van der Waals surface area contributed by atoms with Crippen molar-refractivity contribution in [3.05, 3.63) is 54.1 Å². The molecule has 0 aromatic heterocycles. The molecule has 3 nitrogen and oxygen atoms in total. The van der Waals surface area contributed by atoms with E-state index in [0.717, 1.165) is 21.5 Å². The van der Waals surface area contributed by atoms with Gasteiger partial charge in [0.15, 0.2) is 0 Å². The predicted octanol–water partition coefficient (Wildman–Crippen LogP) is 3.52. The number of rotatable bonds is 0. The minimum Gasteiger partial charge on any atom is -0.420 e. The Kier molecular flexibility index (Phi) is 2.73. The lowest BCUT2D eigenvalue weighted by molar-refractivity contribution is -0.128. The van der Waals surface area contributed by atoms with Crippen molar-refractivity contribution in [1.29, 1.82) is 0 Å². The van der Waals surface area contributed by atoms with Crippen LogP contribution in [0.4, 0.5) is 0 Å². The second-order valence-corrected chi connectivity index (χ2v) is 4.58. The van der Waals surface area contributed by atoms with Gasteiger partial charge in [-0.3, -0.25) is 4.79 Å². The van der Waals surface area contributed by atoms with E-state index in [1.807, 2.05) is 42.5 Å². The molecule has 0 aliphatic carbocycles. The van der Waals surface area contributed by atoms with Crippen molar-refractivity contribution >= 4 is 45.7 Å². The summed E-state index contributed by atoms with van der Waals surface area (Å²) in [5.41, 5.74) is 0.383. The van der Waals surface area contributed by atoms with E-state index in [4.69, 9.17) is 4.74 Å². The molecule has 0 spiro atoms. The molecule has 0 unspecified atom stereocenters. The molecule has 0 amide bonds. The zero-order chi connectivity index (χ0) is 13.0. The lowest BCUT2D eigenvalue weighted by Gasteiger charge is -2.05. The van der Waals surface area contributed by atoms with Gasteiger partial charge in [-0.15, -0.1) is 12.4 Å². The van der Waals surface area contributed by atoms with Crippen molar-refractivity contribution in [3.8, 4) is 5.75 Å². The van der Waals surface area contributed by atoms with Gasteiger partial charge in [-0.05, 0) is 39.7 Å². The van der Waals surface area contributed by atoms with E-state index < -0.39 is 11.8 Å². The second kappa shape index (κ2) is 4.32. The fraction of sp³-hybridized carbons (Fsp3) is 0. The molecule has 0 bridgehead atoms. The van der Waals surface area contributed by atoms with Gasteiger partial charge < -0.3 is 4.74 Å². The third kappa shape index (κ3) is 1.60. The molecule has 0 saturated heterocycles. The highest BCUT2D eigenvalue weighted by Gasteiger charge is 2.32. The van der Waals surface area contributed by atoms with Crippen LogP contribution in [0.3, 0.4) is 0 Å². The van der Waals surface area contributed by atoms with Crippen LogP contribution in [0.2, 0.25) is 0 Å². The van der Waals surface area contributed by atoms with Gasteiger partial charge in [0.25, 0.3) is 5.78 Å². The van der Waals surface area contributed by atoms with Crippen molar-refractivity contribution in [3.63, 3.8) is 0 Å². The fourth-order valence-electron chi connectivity index (χ4n) is 2.56. The van der Waals surface area contributed by atoms with Crippen molar-refractivity contribution < 1.29 is 14.3 Å². The van der Waals surface area contributed by atoms with Gasteiger partial charge in [-0.25, -0.2) is 4.79 Å². The molecule has 1 aliphatic heterocycles. The average Bonchev–Trinajstić information content (AvgIpc) is 2.72. The van der Waals surface area contributed by atoms with Crippen molar-refractivity contribution in [2.24, 2.45) is 0 Å². The summed E-state index contributed by atoms with van der Waals surface area (Å²) < 4.78 is 4.95. The smallest absolute Gasteiger partial charge is 0.385 e. The number of ether oxygens (including phenoxy) is 1. The maximum atomic E-state index is 11.9. The fourth-order valence-corrected chi connectivity index (χ4v) is 2.56. The predicted molar refractivity (Wildman–Crippen MR) is 78.7 cm³/mol. The van der Waals surface area contributed by atoms with Crippen LogP contribution in [0.25, 0.3) is 21.5 Å². The maximum Gasteiger partial charge on any atom is 0.385 e. The molecule has 3 aromatic rings. The first-order valence-corrected chi connectivity index (χ1v) is 5.96. The van der Waals surface area contributed by atoms with E-state index in [-0.39, 0.29) is 12.4 Å². The summed E-state index contributed by atoms with van der Waals surface area (Å²) in [6.45, 7) is 0. The van der Waals surface area contributed by atoms with E-state index in [1.165, 1.54) is 0 Å². The Morgan fingerprint density at radius 1 is 0.800 bits per heavy atom. The Hall–Kier alpha value is -2.39. The number of fused-ring (bicyclic) bond motifs is 4. The average molecular weight is 285 g/mol. The molecule has 20 heavy (non-hydrogen) atoms. The van der Waals surface area contributed by atoms with E-state index in [9.17, 15) is 9.59 Å². The molecule has 4 heteroatoms. The zero-order valence-electron chi connectivity index (χ0n) is 10.3. The number of carbonyl (C=O) groups excluding carboxylic acids is 2. The van der Waals surface area contributed by atoms with E-state index in [1.54, 1.807) is 6.07 Å². The third-order valence-electron chi connectivity index (χ3n) is 3.46. The number of benzene rings is 3. The molecule has 98 valence electrons. The molecular formula is C16H9ClO3. The SMILES string of the molecule is Cl.O=C1Oc2ccc3cc4ccccc4cc3c2C1=O. The summed E-state index contributed by atoms with van der Waals surface area (Å²) in [6, 6.07) is 15.4. The first-order valence-electron chi connectivity index (χ1n) is 5.96. The first-order chi connectivity index (χ1) is 9.24. The number of Topliss-reactive ketones (excluding diaryl/α,β-unsaturated/α-hetero) is 1. The summed E-state index contributed by atoms with van der Waals surface area (Å²) in [4.78, 5) is 23.2. The Morgan fingerprint density at radius 3 is 2.25 bits per heavy atom. The molecule has 0 fully saturated rings. The number of carbonyl (C=O) groups is 2. The largest absolute Gasteiger partial charge is 0.420 e. The summed E-state index contributed by atoms with van der Waals surface area (Å²) >= 11 is 0. The first kappa shape index (κ1) is 12.6. The highest BCUT2D eigenvalue weighted by Crippen LogP contribution is 2.35. The van der Waals surface area contributed by atoms with Crippen LogP contribution in [-0.4, -0.2) is 11.8 Å². The Bertz CT molecular complexity index is 883. The van der Waals surface area contributed by atoms with Gasteiger partial charge in [0.2, 0.25) is 0 Å². The van der Waals surface area contributed by atoms with Crippen LogP contribution in [0.15, 0.2) is 48.5 Å². The van der Waals surface area contributed by atoms with Gasteiger partial charge in [0.1, 0.15) is 5.75 Å². The van der Waals surface area contributed by atoms with Crippen LogP contribution in [-0.2, 0) is 4.79 Å². The third-order valence-corrected chi connectivity index (χ3v) is 3.46. The van der Waals surface area contributed by atoms with Crippen LogP contribution in [0, 0.1) is 0 Å². The van der Waals surface area contributed by atoms with Crippen molar-refractivity contribution in [1.82, 2.24) is 0 Å². The molecule has 3 aromatic carbocycles. The highest BCUT2D eigenvalue weighted by molar-refractivity contribution is 6.47. The van der Waals surface area contributed by atoms with Crippen molar-refractivity contribution in [2.45, 2.75) is 0 Å². The van der Waals surface area contributed by atoms with E-state index >= 15 is 0 Å². The zero-order valence-corrected chi connectivity index (χ0v) is 11.1. The summed E-state index contributed by atoms with van der Waals surface area (Å²) in [7, 11) is 0. The molecule has 0 atom stereocenters. The Morgan fingerprint density at radius 2 is 1.50 bits per heavy atom. The number of hydrogen-bond acceptors (Lipinski definition) is 3. The summed E-state index contributed by atoms with van der Waals surface area (Å²) in [5, 5.41) is 3.85. The molecule has 0 radical (unpaired) electrons. The highest BCUT2D eigenvalue weighted by atomic mass is 35.5. The standard InChI is InChI=1S/C16H8O3.ClH/c17-15-14-12-8-10-4-2-1-3-9(10)7-11(12)5-6-13(14)19-16(15)18;/h1-8H;1H. The van der Waals surface area contributed by atoms with Gasteiger partial charge in [-0.1, -0.05) is 30.3 Å². The second-order valence-electron chi connectivity index (χ2n) is 4.58. The van der Waals surface area contributed by atoms with Gasteiger partial charge >= 0.3 is 5.97 Å². The molecular weight excluding hydrogens is 276 g/mol. The normalized spacial score (nSPS) is 13.2. The Balaban J connectivity index is 0.00000121. The Labute approximate surface area is 120 Å². The van der Waals surface area contributed by atoms with Crippen LogP contribution in [0.5, 0.6) is 5.75 Å². The molecule has 0 N–H and O–H groups in total. The number of esters is 1. The lowest BCUT2D eigenvalue weighted by Crippen LogP contribution is -2.10. The van der Waals surface area contributed by atoms with Gasteiger partial charge in [-0.2, -0.15) is 0 Å². The number of hydrogen-bond donors (Lipinski definition) is 0. The number of halogens is 1. The number of ketones is 1. The summed E-state index contributed by atoms with van der Waals surface area (Å²) in [6.07, 6.45) is 0. The van der Waals surface area contributed by atoms with Crippen LogP contribution in [0.1, 0.15) is 10.4 Å². The molecule has 0 saturated carbocycles. The molecule has 4 rings (SSSR count). The minimum atomic E-state index is -0.796. The minimum absolute atomic E-state index is 0. The summed E-state index contributed by atoms with van der Waals surface area (Å²) in [5.74, 6) is -0.996.